The molecule has 10 nitrogen and oxygen atoms in total. The Morgan fingerprint density at radius 2 is 2.00 bits per heavy atom. The number of hydrogen-bond donors (Lipinski definition) is 4. The summed E-state index contributed by atoms with van der Waals surface area (Å²) in [6.45, 7) is 4.57. The van der Waals surface area contributed by atoms with E-state index in [4.69, 9.17) is 9.84 Å². The standard InChI is InChI=1S/C27H33FN8O2/c1-18-25(23-15-29-34(2)32-23)33-36(21-10-5-4-6-11-21)26(18)31-27(37)30-24-17-35(12-13-38-3)16-22(24)19-8-7-9-20(28)14-19/h4-11,14-15,22,24,29,32H,12-13,16-17H2,1-3H3,(H2,30,31,37)/t22-,24+/m0/s1. The summed E-state index contributed by atoms with van der Waals surface area (Å²) in [6.07, 6.45) is 1.82. The number of likely N-dealkylation sites (tertiary alicyclic amines) is 1. The predicted octanol–water partition coefficient (Wildman–Crippen LogP) is 2.81. The fourth-order valence-electron chi connectivity index (χ4n) is 5.00. The van der Waals surface area contributed by atoms with E-state index in [-0.39, 0.29) is 23.8 Å². The molecule has 0 aliphatic carbocycles. The van der Waals surface area contributed by atoms with E-state index in [1.54, 1.807) is 29.0 Å². The molecule has 3 aromatic rings. The van der Waals surface area contributed by atoms with E-state index < -0.39 is 0 Å². The van der Waals surface area contributed by atoms with Gasteiger partial charge in [-0.05, 0) is 36.8 Å². The van der Waals surface area contributed by atoms with Crippen molar-refractivity contribution >= 4 is 17.5 Å². The number of para-hydroxylation sites is 1. The van der Waals surface area contributed by atoms with E-state index in [0.717, 1.165) is 29.1 Å². The summed E-state index contributed by atoms with van der Waals surface area (Å²) in [4.78, 5) is 15.6. The van der Waals surface area contributed by atoms with Crippen LogP contribution in [0.15, 0.2) is 60.8 Å². The Kier molecular flexibility index (Phi) is 7.59. The number of anilines is 1. The van der Waals surface area contributed by atoms with Crippen molar-refractivity contribution in [1.29, 1.82) is 0 Å². The SMILES string of the molecule is COCCN1C[C@@H](NC(=O)Nc2c(C)c(C3=CNN(C)N3)nn2-c2ccccc2)[C@H](c2cccc(F)c2)C1. The topological polar surface area (TPSA) is 98.7 Å². The first-order valence-corrected chi connectivity index (χ1v) is 12.6. The van der Waals surface area contributed by atoms with Crippen molar-refractivity contribution in [3.8, 4) is 5.69 Å². The van der Waals surface area contributed by atoms with Crippen molar-refractivity contribution in [2.75, 3.05) is 45.7 Å². The van der Waals surface area contributed by atoms with E-state index in [9.17, 15) is 9.18 Å². The van der Waals surface area contributed by atoms with Crippen LogP contribution < -0.4 is 21.5 Å². The van der Waals surface area contributed by atoms with E-state index in [2.05, 4.69) is 26.4 Å². The molecule has 200 valence electrons. The van der Waals surface area contributed by atoms with E-state index in [1.807, 2.05) is 56.6 Å². The lowest BCUT2D eigenvalue weighted by Crippen LogP contribution is -2.42. The third-order valence-corrected chi connectivity index (χ3v) is 6.90. The van der Waals surface area contributed by atoms with Gasteiger partial charge < -0.3 is 15.5 Å². The molecule has 3 heterocycles. The van der Waals surface area contributed by atoms with Gasteiger partial charge in [-0.2, -0.15) is 5.10 Å². The number of halogens is 1. The van der Waals surface area contributed by atoms with Crippen LogP contribution in [0.4, 0.5) is 15.0 Å². The van der Waals surface area contributed by atoms with Crippen LogP contribution in [0.1, 0.15) is 22.7 Å². The number of hydrazine groups is 2. The smallest absolute Gasteiger partial charge is 0.320 e. The molecule has 4 N–H and O–H groups in total. The van der Waals surface area contributed by atoms with Crippen LogP contribution in [-0.2, 0) is 4.74 Å². The van der Waals surface area contributed by atoms with Crippen molar-refractivity contribution in [1.82, 2.24) is 36.0 Å². The number of urea groups is 1. The highest BCUT2D eigenvalue weighted by atomic mass is 19.1. The van der Waals surface area contributed by atoms with E-state index in [1.165, 1.54) is 6.07 Å². The lowest BCUT2D eigenvalue weighted by Gasteiger charge is -2.21. The molecule has 1 aromatic heterocycles. The van der Waals surface area contributed by atoms with Crippen LogP contribution in [0.3, 0.4) is 0 Å². The average molecular weight is 521 g/mol. The molecule has 1 saturated heterocycles. The predicted molar refractivity (Wildman–Crippen MR) is 144 cm³/mol. The number of methoxy groups -OCH3 is 1. The van der Waals surface area contributed by atoms with Crippen LogP contribution in [0.5, 0.6) is 0 Å². The van der Waals surface area contributed by atoms with Gasteiger partial charge in [0.15, 0.2) is 0 Å². The molecule has 0 saturated carbocycles. The van der Waals surface area contributed by atoms with Crippen LogP contribution in [0.25, 0.3) is 11.4 Å². The minimum absolute atomic E-state index is 0.0570. The molecule has 2 aliphatic rings. The summed E-state index contributed by atoms with van der Waals surface area (Å²) in [7, 11) is 3.52. The quantitative estimate of drug-likeness (QED) is 0.363. The van der Waals surface area contributed by atoms with Gasteiger partial charge in [0.1, 0.15) is 17.3 Å². The first kappa shape index (κ1) is 25.7. The van der Waals surface area contributed by atoms with Crippen molar-refractivity contribution < 1.29 is 13.9 Å². The number of carbonyl (C=O) groups is 1. The Hall–Kier alpha value is -3.93. The zero-order chi connectivity index (χ0) is 26.6. The molecule has 2 atom stereocenters. The number of rotatable bonds is 8. The van der Waals surface area contributed by atoms with Gasteiger partial charge in [-0.25, -0.2) is 13.9 Å². The molecular formula is C27H33FN8O2. The number of benzene rings is 2. The second-order valence-electron chi connectivity index (χ2n) is 9.55. The van der Waals surface area contributed by atoms with Gasteiger partial charge in [0.25, 0.3) is 0 Å². The van der Waals surface area contributed by atoms with E-state index >= 15 is 0 Å². The molecule has 1 fully saturated rings. The Morgan fingerprint density at radius 3 is 2.71 bits per heavy atom. The highest BCUT2D eigenvalue weighted by Crippen LogP contribution is 2.30. The summed E-state index contributed by atoms with van der Waals surface area (Å²) >= 11 is 0. The first-order valence-electron chi connectivity index (χ1n) is 12.6. The molecule has 38 heavy (non-hydrogen) atoms. The second kappa shape index (κ2) is 11.2. The molecule has 2 aromatic carbocycles. The maximum Gasteiger partial charge on any atom is 0.320 e. The minimum Gasteiger partial charge on any atom is -0.383 e. The van der Waals surface area contributed by atoms with E-state index in [0.29, 0.717) is 31.2 Å². The maximum absolute atomic E-state index is 14.0. The normalized spacial score (nSPS) is 19.6. The lowest BCUT2D eigenvalue weighted by molar-refractivity contribution is 0.159. The molecule has 0 unspecified atom stereocenters. The van der Waals surface area contributed by atoms with Gasteiger partial charge in [0, 0.05) is 51.5 Å². The number of nitrogens with zero attached hydrogens (tertiary/aromatic N) is 4. The summed E-state index contributed by atoms with van der Waals surface area (Å²) < 4.78 is 21.0. The molecular weight excluding hydrogens is 487 g/mol. The molecule has 0 radical (unpaired) electrons. The van der Waals surface area contributed by atoms with Gasteiger partial charge in [-0.3, -0.25) is 15.6 Å². The van der Waals surface area contributed by atoms with Gasteiger partial charge in [-0.15, -0.1) is 5.12 Å². The highest BCUT2D eigenvalue weighted by Gasteiger charge is 2.35. The fourth-order valence-corrected chi connectivity index (χ4v) is 5.00. The zero-order valence-corrected chi connectivity index (χ0v) is 21.7. The lowest BCUT2D eigenvalue weighted by atomic mass is 9.94. The molecule has 11 heteroatoms. The minimum atomic E-state index is -0.347. The van der Waals surface area contributed by atoms with Crippen molar-refractivity contribution in [2.24, 2.45) is 0 Å². The summed E-state index contributed by atoms with van der Waals surface area (Å²) in [6, 6.07) is 15.7. The summed E-state index contributed by atoms with van der Waals surface area (Å²) in [5.41, 5.74) is 10.3. The monoisotopic (exact) mass is 520 g/mol. The molecule has 0 spiro atoms. The molecule has 2 aliphatic heterocycles. The fraction of sp³-hybridized carbons (Fsp3) is 0.333. The number of amides is 2. The largest absolute Gasteiger partial charge is 0.383 e. The van der Waals surface area contributed by atoms with Crippen LogP contribution in [-0.4, -0.2) is 72.3 Å². The van der Waals surface area contributed by atoms with Crippen molar-refractivity contribution in [3.63, 3.8) is 0 Å². The molecule has 5 rings (SSSR count). The van der Waals surface area contributed by atoms with Crippen molar-refractivity contribution in [2.45, 2.75) is 18.9 Å². The Labute approximate surface area is 221 Å². The van der Waals surface area contributed by atoms with Gasteiger partial charge in [0.05, 0.1) is 24.0 Å². The van der Waals surface area contributed by atoms with Gasteiger partial charge >= 0.3 is 6.03 Å². The number of nitrogens with one attached hydrogen (secondary N) is 4. The van der Waals surface area contributed by atoms with Crippen LogP contribution in [0, 0.1) is 12.7 Å². The third-order valence-electron chi connectivity index (χ3n) is 6.90. The van der Waals surface area contributed by atoms with Crippen molar-refractivity contribution in [3.05, 3.63) is 83.4 Å². The van der Waals surface area contributed by atoms with Crippen LogP contribution >= 0.6 is 0 Å². The summed E-state index contributed by atoms with van der Waals surface area (Å²) in [5, 5.41) is 12.7. The average Bonchev–Trinajstić information content (AvgIpc) is 3.61. The second-order valence-corrected chi connectivity index (χ2v) is 9.55. The third kappa shape index (κ3) is 5.49. The number of ether oxygens (including phenoxy) is 1. The molecule has 0 bridgehead atoms. The number of aromatic nitrogens is 2. The maximum atomic E-state index is 14.0. The molecule has 2 amide bonds. The Bertz CT molecular complexity index is 1310. The first-order chi connectivity index (χ1) is 18.4. The Morgan fingerprint density at radius 1 is 1.18 bits per heavy atom. The van der Waals surface area contributed by atoms with Gasteiger partial charge in [-0.1, -0.05) is 30.3 Å². The Balaban J connectivity index is 1.40. The number of hydrogen-bond acceptors (Lipinski definition) is 7. The summed E-state index contributed by atoms with van der Waals surface area (Å²) in [5.74, 6) is 0.224. The number of carbonyl (C=O) groups excluding carboxylic acids is 1. The zero-order valence-electron chi connectivity index (χ0n) is 21.7. The van der Waals surface area contributed by atoms with Crippen LogP contribution in [0.2, 0.25) is 0 Å². The highest BCUT2D eigenvalue weighted by molar-refractivity contribution is 5.90. The van der Waals surface area contributed by atoms with Gasteiger partial charge in [0.2, 0.25) is 0 Å².